The van der Waals surface area contributed by atoms with Gasteiger partial charge in [0.1, 0.15) is 0 Å². The van der Waals surface area contributed by atoms with Gasteiger partial charge in [-0.2, -0.15) is 0 Å². The predicted octanol–water partition coefficient (Wildman–Crippen LogP) is 0.463. The van der Waals surface area contributed by atoms with Crippen LogP contribution in [0.15, 0.2) is 0 Å². The second-order valence-electron chi connectivity index (χ2n) is 3.66. The first kappa shape index (κ1) is 5.69. The maximum Gasteiger partial charge on any atom is 0.0188 e. The highest BCUT2D eigenvalue weighted by molar-refractivity contribution is 5.06. The molecule has 2 aliphatic rings. The number of piperidine rings is 1. The third kappa shape index (κ3) is 0.700. The topological polar surface area (TPSA) is 15.3 Å². The van der Waals surface area contributed by atoms with Gasteiger partial charge < -0.3 is 0 Å². The molecular weight excluding hydrogens is 112 g/mol. The molecular formula is C7H14N2. The zero-order valence-electron chi connectivity index (χ0n) is 6.15. The minimum atomic E-state index is 0.697. The first-order chi connectivity index (χ1) is 4.24. The molecule has 0 spiro atoms. The third-order valence-corrected chi connectivity index (χ3v) is 2.85. The summed E-state index contributed by atoms with van der Waals surface area (Å²) >= 11 is 0. The summed E-state index contributed by atoms with van der Waals surface area (Å²) in [7, 11) is 2.01. The lowest BCUT2D eigenvalue weighted by Crippen LogP contribution is -2.35. The molecule has 52 valence electrons. The number of nitrogens with zero attached hydrogens (tertiary/aromatic N) is 1. The molecule has 1 aliphatic heterocycles. The minimum absolute atomic E-state index is 0.697. The number of hydrogen-bond acceptors (Lipinski definition) is 2. The van der Waals surface area contributed by atoms with Crippen LogP contribution in [0.3, 0.4) is 0 Å². The van der Waals surface area contributed by atoms with Crippen LogP contribution in [-0.2, 0) is 0 Å². The molecule has 1 saturated heterocycles. The summed E-state index contributed by atoms with van der Waals surface area (Å²) in [4.78, 5) is 0. The van der Waals surface area contributed by atoms with Crippen molar-refractivity contribution in [3.63, 3.8) is 0 Å². The van der Waals surface area contributed by atoms with E-state index in [1.54, 1.807) is 0 Å². The van der Waals surface area contributed by atoms with Crippen LogP contribution in [0, 0.1) is 11.3 Å². The molecule has 0 aromatic heterocycles. The van der Waals surface area contributed by atoms with Crippen molar-refractivity contribution in [2.45, 2.75) is 13.3 Å². The summed E-state index contributed by atoms with van der Waals surface area (Å²) in [6.07, 6.45) is 1.46. The van der Waals surface area contributed by atoms with Crippen molar-refractivity contribution in [1.29, 1.82) is 0 Å². The van der Waals surface area contributed by atoms with E-state index < -0.39 is 0 Å². The lowest BCUT2D eigenvalue weighted by Gasteiger charge is -2.16. The predicted molar refractivity (Wildman–Crippen MR) is 36.8 cm³/mol. The molecule has 0 bridgehead atoms. The fourth-order valence-corrected chi connectivity index (χ4v) is 1.92. The minimum Gasteiger partial charge on any atom is -0.258 e. The molecule has 2 nitrogen and oxygen atoms in total. The Balaban J connectivity index is 1.98. The smallest absolute Gasteiger partial charge is 0.0188 e. The van der Waals surface area contributed by atoms with E-state index in [1.807, 2.05) is 7.05 Å². The highest BCUT2D eigenvalue weighted by Crippen LogP contribution is 2.56. The Labute approximate surface area is 56.2 Å². The van der Waals surface area contributed by atoms with Gasteiger partial charge in [-0.3, -0.25) is 5.43 Å². The molecule has 9 heavy (non-hydrogen) atoms. The van der Waals surface area contributed by atoms with Gasteiger partial charge in [-0.15, -0.1) is 0 Å². The number of fused-ring (bicyclic) bond motifs is 1. The molecule has 1 saturated carbocycles. The molecule has 2 rings (SSSR count). The van der Waals surface area contributed by atoms with Crippen molar-refractivity contribution in [2.75, 3.05) is 20.1 Å². The lowest BCUT2D eigenvalue weighted by molar-refractivity contribution is 0.220. The van der Waals surface area contributed by atoms with Gasteiger partial charge in [-0.05, 0) is 24.8 Å². The number of hydrogen-bond donors (Lipinski definition) is 1. The Morgan fingerprint density at radius 3 is 2.78 bits per heavy atom. The molecule has 1 heterocycles. The molecule has 2 heteroatoms. The molecule has 2 atom stereocenters. The van der Waals surface area contributed by atoms with Crippen LogP contribution in [0.5, 0.6) is 0 Å². The van der Waals surface area contributed by atoms with Crippen LogP contribution in [0.1, 0.15) is 13.3 Å². The van der Waals surface area contributed by atoms with Crippen LogP contribution in [0.25, 0.3) is 0 Å². The summed E-state index contributed by atoms with van der Waals surface area (Å²) in [5, 5.41) is 2.31. The van der Waals surface area contributed by atoms with Crippen molar-refractivity contribution in [2.24, 2.45) is 11.3 Å². The SMILES string of the molecule is CNN1CC2CC2(C)C1. The van der Waals surface area contributed by atoms with E-state index in [-0.39, 0.29) is 0 Å². The van der Waals surface area contributed by atoms with Gasteiger partial charge in [0, 0.05) is 13.1 Å². The zero-order valence-corrected chi connectivity index (χ0v) is 6.15. The van der Waals surface area contributed by atoms with Crippen LogP contribution >= 0.6 is 0 Å². The Morgan fingerprint density at radius 2 is 2.44 bits per heavy atom. The molecule has 0 aromatic rings. The summed E-state index contributed by atoms with van der Waals surface area (Å²) in [5.41, 5.74) is 3.88. The van der Waals surface area contributed by atoms with E-state index >= 15 is 0 Å². The van der Waals surface area contributed by atoms with Crippen molar-refractivity contribution >= 4 is 0 Å². The van der Waals surface area contributed by atoms with Gasteiger partial charge >= 0.3 is 0 Å². The van der Waals surface area contributed by atoms with Gasteiger partial charge in [-0.25, -0.2) is 5.01 Å². The summed E-state index contributed by atoms with van der Waals surface area (Å²) in [6, 6.07) is 0. The molecule has 1 aliphatic carbocycles. The largest absolute Gasteiger partial charge is 0.258 e. The Hall–Kier alpha value is -0.0800. The highest BCUT2D eigenvalue weighted by atomic mass is 15.5. The van der Waals surface area contributed by atoms with E-state index in [2.05, 4.69) is 17.4 Å². The number of hydrazine groups is 1. The van der Waals surface area contributed by atoms with Crippen LogP contribution in [-0.4, -0.2) is 25.1 Å². The second kappa shape index (κ2) is 1.50. The Morgan fingerprint density at radius 1 is 1.67 bits per heavy atom. The maximum atomic E-state index is 3.18. The van der Waals surface area contributed by atoms with Gasteiger partial charge in [-0.1, -0.05) is 6.92 Å². The second-order valence-corrected chi connectivity index (χ2v) is 3.66. The normalized spacial score (nSPS) is 49.3. The fraction of sp³-hybridized carbons (Fsp3) is 1.00. The van der Waals surface area contributed by atoms with E-state index in [0.29, 0.717) is 5.41 Å². The van der Waals surface area contributed by atoms with Crippen molar-refractivity contribution in [3.05, 3.63) is 0 Å². The average Bonchev–Trinajstić information content (AvgIpc) is 2.33. The van der Waals surface area contributed by atoms with E-state index in [4.69, 9.17) is 0 Å². The molecule has 2 fully saturated rings. The number of nitrogens with one attached hydrogen (secondary N) is 1. The highest BCUT2D eigenvalue weighted by Gasteiger charge is 2.55. The maximum absolute atomic E-state index is 3.18. The van der Waals surface area contributed by atoms with E-state index in [1.165, 1.54) is 19.5 Å². The fourth-order valence-electron chi connectivity index (χ4n) is 1.92. The molecule has 2 unspecified atom stereocenters. The van der Waals surface area contributed by atoms with Crippen molar-refractivity contribution < 1.29 is 0 Å². The van der Waals surface area contributed by atoms with E-state index in [0.717, 1.165) is 5.92 Å². The number of rotatable bonds is 1. The van der Waals surface area contributed by atoms with Gasteiger partial charge in [0.05, 0.1) is 0 Å². The van der Waals surface area contributed by atoms with Crippen LogP contribution in [0.2, 0.25) is 0 Å². The van der Waals surface area contributed by atoms with E-state index in [9.17, 15) is 0 Å². The van der Waals surface area contributed by atoms with Crippen molar-refractivity contribution in [3.8, 4) is 0 Å². The average molecular weight is 126 g/mol. The quantitative estimate of drug-likeness (QED) is 0.549. The zero-order chi connectivity index (χ0) is 6.48. The third-order valence-electron chi connectivity index (χ3n) is 2.85. The lowest BCUT2D eigenvalue weighted by atomic mass is 10.1. The molecule has 1 N–H and O–H groups in total. The van der Waals surface area contributed by atoms with Crippen molar-refractivity contribution in [1.82, 2.24) is 10.4 Å². The van der Waals surface area contributed by atoms with Gasteiger partial charge in [0.2, 0.25) is 0 Å². The first-order valence-corrected chi connectivity index (χ1v) is 3.67. The molecule has 0 radical (unpaired) electrons. The standard InChI is InChI=1S/C7H14N2/c1-7-3-6(7)4-9(5-7)8-2/h6,8H,3-5H2,1-2H3. The summed E-state index contributed by atoms with van der Waals surface area (Å²) < 4.78 is 0. The first-order valence-electron chi connectivity index (χ1n) is 3.67. The Bertz CT molecular complexity index is 135. The Kier molecular flexibility index (Phi) is 0.945. The summed E-state index contributed by atoms with van der Waals surface area (Å²) in [6.45, 7) is 4.91. The summed E-state index contributed by atoms with van der Waals surface area (Å²) in [5.74, 6) is 1.00. The monoisotopic (exact) mass is 126 g/mol. The molecule has 0 amide bonds. The van der Waals surface area contributed by atoms with Crippen LogP contribution in [0.4, 0.5) is 0 Å². The van der Waals surface area contributed by atoms with Gasteiger partial charge in [0.15, 0.2) is 0 Å². The van der Waals surface area contributed by atoms with Gasteiger partial charge in [0.25, 0.3) is 0 Å². The van der Waals surface area contributed by atoms with Crippen LogP contribution < -0.4 is 5.43 Å². The molecule has 0 aromatic carbocycles.